The summed E-state index contributed by atoms with van der Waals surface area (Å²) in [5.74, 6) is 0.00197. The van der Waals surface area contributed by atoms with E-state index in [1.165, 1.54) is 11.3 Å². The maximum atomic E-state index is 12.1. The van der Waals surface area contributed by atoms with Crippen LogP contribution in [0.25, 0.3) is 0 Å². The van der Waals surface area contributed by atoms with Crippen LogP contribution in [-0.4, -0.2) is 16.9 Å². The van der Waals surface area contributed by atoms with Crippen molar-refractivity contribution >= 4 is 17.2 Å². The molecule has 0 fully saturated rings. The molecule has 1 rings (SSSR count). The number of nitrogens with zero attached hydrogens (tertiary/aromatic N) is 1. The Morgan fingerprint density at radius 1 is 1.47 bits per heavy atom. The first kappa shape index (κ1) is 14.2. The van der Waals surface area contributed by atoms with Crippen LogP contribution in [-0.2, 0) is 6.42 Å². The number of carbonyl (C=O) groups excluding carboxylic acids is 1. The van der Waals surface area contributed by atoms with E-state index in [4.69, 9.17) is 0 Å². The zero-order chi connectivity index (χ0) is 13.2. The second-order valence-corrected chi connectivity index (χ2v) is 6.52. The van der Waals surface area contributed by atoms with Crippen LogP contribution >= 0.6 is 11.3 Å². The summed E-state index contributed by atoms with van der Waals surface area (Å²) < 4.78 is 0. The fourth-order valence-corrected chi connectivity index (χ4v) is 2.20. The van der Waals surface area contributed by atoms with E-state index < -0.39 is 0 Å². The van der Waals surface area contributed by atoms with E-state index in [-0.39, 0.29) is 17.4 Å². The molecule has 3 nitrogen and oxygen atoms in total. The highest BCUT2D eigenvalue weighted by atomic mass is 32.1. The maximum absolute atomic E-state index is 12.1. The van der Waals surface area contributed by atoms with Gasteiger partial charge in [0, 0.05) is 6.04 Å². The number of aryl methyl sites for hydroxylation is 2. The lowest BCUT2D eigenvalue weighted by Crippen LogP contribution is -2.41. The predicted molar refractivity (Wildman–Crippen MR) is 72.6 cm³/mol. The molecule has 1 atom stereocenters. The van der Waals surface area contributed by atoms with Gasteiger partial charge < -0.3 is 5.32 Å². The molecule has 0 saturated heterocycles. The van der Waals surface area contributed by atoms with Crippen LogP contribution < -0.4 is 5.32 Å². The second-order valence-electron chi connectivity index (χ2n) is 5.44. The number of aromatic nitrogens is 1. The van der Waals surface area contributed by atoms with Crippen LogP contribution in [0, 0.1) is 12.3 Å². The van der Waals surface area contributed by atoms with Gasteiger partial charge in [0.15, 0.2) is 0 Å². The lowest BCUT2D eigenvalue weighted by Gasteiger charge is -2.27. The lowest BCUT2D eigenvalue weighted by molar-refractivity contribution is 0.0913. The molecule has 1 aromatic rings. The van der Waals surface area contributed by atoms with Crippen LogP contribution in [0.1, 0.15) is 55.0 Å². The van der Waals surface area contributed by atoms with Gasteiger partial charge in [-0.05, 0) is 25.7 Å². The lowest BCUT2D eigenvalue weighted by atomic mass is 9.88. The Balaban J connectivity index is 2.80. The van der Waals surface area contributed by atoms with Crippen molar-refractivity contribution in [3.05, 3.63) is 15.6 Å². The summed E-state index contributed by atoms with van der Waals surface area (Å²) in [6.45, 7) is 12.3. The number of nitrogens with one attached hydrogen (secondary N) is 1. The van der Waals surface area contributed by atoms with E-state index in [0.717, 1.165) is 22.0 Å². The van der Waals surface area contributed by atoms with Crippen LogP contribution in [0.15, 0.2) is 0 Å². The molecule has 1 aromatic heterocycles. The van der Waals surface area contributed by atoms with Crippen molar-refractivity contribution < 1.29 is 4.79 Å². The van der Waals surface area contributed by atoms with Gasteiger partial charge in [0.25, 0.3) is 5.91 Å². The van der Waals surface area contributed by atoms with Crippen LogP contribution in [0.2, 0.25) is 0 Å². The summed E-state index contributed by atoms with van der Waals surface area (Å²) in [5, 5.41) is 4.07. The Kier molecular flexibility index (Phi) is 4.31. The summed E-state index contributed by atoms with van der Waals surface area (Å²) in [6, 6.07) is 0.140. The zero-order valence-electron chi connectivity index (χ0n) is 11.5. The summed E-state index contributed by atoms with van der Waals surface area (Å²) in [6.07, 6.45) is 0.883. The minimum absolute atomic E-state index is 0.00197. The normalized spacial score (nSPS) is 13.5. The molecular weight excluding hydrogens is 232 g/mol. The molecule has 1 unspecified atom stereocenters. The van der Waals surface area contributed by atoms with Crippen LogP contribution in [0.3, 0.4) is 0 Å². The minimum Gasteiger partial charge on any atom is -0.348 e. The Bertz CT molecular complexity index is 404. The fourth-order valence-electron chi connectivity index (χ4n) is 1.29. The monoisotopic (exact) mass is 254 g/mol. The smallest absolute Gasteiger partial charge is 0.263 e. The zero-order valence-corrected chi connectivity index (χ0v) is 12.4. The first-order chi connectivity index (χ1) is 7.75. The molecule has 0 aromatic carbocycles. The molecule has 1 N–H and O–H groups in total. The molecule has 17 heavy (non-hydrogen) atoms. The summed E-state index contributed by atoms with van der Waals surface area (Å²) >= 11 is 1.50. The molecule has 96 valence electrons. The summed E-state index contributed by atoms with van der Waals surface area (Å²) in [4.78, 5) is 17.2. The minimum atomic E-state index is 0.00197. The Hall–Kier alpha value is -0.900. The standard InChI is InChI=1S/C13H22N2OS/c1-7-10-14-8(2)11(17-10)12(16)15-9(3)13(4,5)6/h9H,7H2,1-6H3,(H,15,16). The van der Waals surface area contributed by atoms with E-state index in [9.17, 15) is 4.79 Å². The third kappa shape index (κ3) is 3.53. The van der Waals surface area contributed by atoms with Crippen molar-refractivity contribution in [2.45, 2.75) is 54.0 Å². The van der Waals surface area contributed by atoms with Gasteiger partial charge in [-0.2, -0.15) is 0 Å². The van der Waals surface area contributed by atoms with E-state index in [1.54, 1.807) is 0 Å². The highest BCUT2D eigenvalue weighted by Gasteiger charge is 2.24. The molecule has 0 aliphatic carbocycles. The second kappa shape index (κ2) is 5.17. The quantitative estimate of drug-likeness (QED) is 0.900. The predicted octanol–water partition coefficient (Wildman–Crippen LogP) is 3.18. The van der Waals surface area contributed by atoms with Gasteiger partial charge in [-0.25, -0.2) is 4.98 Å². The first-order valence-electron chi connectivity index (χ1n) is 6.02. The van der Waals surface area contributed by atoms with Gasteiger partial charge in [-0.1, -0.05) is 27.7 Å². The highest BCUT2D eigenvalue weighted by Crippen LogP contribution is 2.22. The molecule has 0 aliphatic rings. The molecule has 1 amide bonds. The Morgan fingerprint density at radius 3 is 2.47 bits per heavy atom. The number of carbonyl (C=O) groups is 1. The van der Waals surface area contributed by atoms with Gasteiger partial charge in [-0.3, -0.25) is 4.79 Å². The van der Waals surface area contributed by atoms with Crippen LogP contribution in [0.5, 0.6) is 0 Å². The summed E-state index contributed by atoms with van der Waals surface area (Å²) in [5.41, 5.74) is 0.910. The van der Waals surface area contributed by atoms with Crippen LogP contribution in [0.4, 0.5) is 0 Å². The molecule has 0 radical (unpaired) electrons. The van der Waals surface area contributed by atoms with Gasteiger partial charge in [0.05, 0.1) is 10.7 Å². The van der Waals surface area contributed by atoms with Crippen molar-refractivity contribution in [1.29, 1.82) is 0 Å². The first-order valence-corrected chi connectivity index (χ1v) is 6.84. The van der Waals surface area contributed by atoms with E-state index in [1.807, 2.05) is 13.8 Å². The molecular formula is C13H22N2OS. The van der Waals surface area contributed by atoms with Crippen molar-refractivity contribution in [2.75, 3.05) is 0 Å². The van der Waals surface area contributed by atoms with E-state index >= 15 is 0 Å². The topological polar surface area (TPSA) is 42.0 Å². The third-order valence-corrected chi connectivity index (χ3v) is 4.30. The number of amides is 1. The molecule has 0 saturated carbocycles. The number of hydrogen-bond acceptors (Lipinski definition) is 3. The molecule has 0 aliphatic heterocycles. The largest absolute Gasteiger partial charge is 0.348 e. The van der Waals surface area contributed by atoms with Crippen molar-refractivity contribution in [2.24, 2.45) is 5.41 Å². The van der Waals surface area contributed by atoms with Gasteiger partial charge in [-0.15, -0.1) is 11.3 Å². The van der Waals surface area contributed by atoms with E-state index in [0.29, 0.717) is 0 Å². The maximum Gasteiger partial charge on any atom is 0.263 e. The average Bonchev–Trinajstić information content (AvgIpc) is 2.58. The fraction of sp³-hybridized carbons (Fsp3) is 0.692. The molecule has 1 heterocycles. The molecule has 0 spiro atoms. The van der Waals surface area contributed by atoms with E-state index in [2.05, 4.69) is 38.0 Å². The average molecular weight is 254 g/mol. The molecule has 4 heteroatoms. The highest BCUT2D eigenvalue weighted by molar-refractivity contribution is 7.13. The van der Waals surface area contributed by atoms with Crippen molar-refractivity contribution in [3.63, 3.8) is 0 Å². The van der Waals surface area contributed by atoms with Crippen molar-refractivity contribution in [1.82, 2.24) is 10.3 Å². The molecule has 0 bridgehead atoms. The van der Waals surface area contributed by atoms with Gasteiger partial charge in [0.2, 0.25) is 0 Å². The Morgan fingerprint density at radius 2 is 2.06 bits per heavy atom. The number of rotatable bonds is 3. The van der Waals surface area contributed by atoms with Gasteiger partial charge >= 0.3 is 0 Å². The van der Waals surface area contributed by atoms with Crippen molar-refractivity contribution in [3.8, 4) is 0 Å². The summed E-state index contributed by atoms with van der Waals surface area (Å²) in [7, 11) is 0. The Labute approximate surface area is 108 Å². The number of thiazole rings is 1. The van der Waals surface area contributed by atoms with Gasteiger partial charge in [0.1, 0.15) is 4.88 Å². The SMILES string of the molecule is CCc1nc(C)c(C(=O)NC(C)C(C)(C)C)s1. The number of hydrogen-bond donors (Lipinski definition) is 1. The third-order valence-electron chi connectivity index (χ3n) is 3.00.